The smallest absolute Gasteiger partial charge is 0.141 e. The van der Waals surface area contributed by atoms with Gasteiger partial charge in [0.2, 0.25) is 0 Å². The van der Waals surface area contributed by atoms with E-state index >= 15 is 0 Å². The van der Waals surface area contributed by atoms with Gasteiger partial charge in [-0.25, -0.2) is 4.98 Å². The molecule has 0 aliphatic carbocycles. The van der Waals surface area contributed by atoms with E-state index in [1.54, 1.807) is 0 Å². The number of ether oxygens (including phenoxy) is 1. The van der Waals surface area contributed by atoms with Crippen LogP contribution in [0.1, 0.15) is 118 Å². The monoisotopic (exact) mass is 734 g/mol. The lowest BCUT2D eigenvalue weighted by atomic mass is 9.73. The van der Waals surface area contributed by atoms with Crippen molar-refractivity contribution in [1.29, 1.82) is 0 Å². The molecule has 2 aromatic heterocycles. The van der Waals surface area contributed by atoms with Crippen molar-refractivity contribution in [2.45, 2.75) is 97.2 Å². The molecule has 5 heterocycles. The summed E-state index contributed by atoms with van der Waals surface area (Å²) in [6.45, 7) is 21.5. The second-order valence-corrected chi connectivity index (χ2v) is 18.8. The normalized spacial score (nSPS) is 18.2. The maximum absolute atomic E-state index is 7.08. The van der Waals surface area contributed by atoms with Crippen LogP contribution in [-0.4, -0.2) is 20.3 Å². The van der Waals surface area contributed by atoms with Crippen molar-refractivity contribution in [3.8, 4) is 17.3 Å². The van der Waals surface area contributed by atoms with Gasteiger partial charge in [0.1, 0.15) is 29.2 Å². The highest BCUT2D eigenvalue weighted by Gasteiger charge is 2.44. The molecular formula is C51H50N4O. The van der Waals surface area contributed by atoms with Crippen molar-refractivity contribution in [3.63, 3.8) is 0 Å². The third-order valence-corrected chi connectivity index (χ3v) is 12.7. The van der Waals surface area contributed by atoms with Gasteiger partial charge in [0.05, 0.1) is 17.1 Å². The zero-order valence-corrected chi connectivity index (χ0v) is 34.0. The standard InChI is InChI=1S/C51H50N4O/c1-30-22-38-39-26-35(50(5,6)7)27-41-45(39)55(48-40(51(41,8)9)20-15-21-52-48)42(38)28-43(30)56-36-24-33(23-34(25-36)49(2,3)4)47-53-44(31-16-11-10-12-17-31)46-37-19-14-13-18-32(37)29-54(46)47/h10-28,44,46H,29H2,1-9H3/t44-,46+/m1/s1. The van der Waals surface area contributed by atoms with Crippen LogP contribution >= 0.6 is 0 Å². The number of aliphatic imine (C=N–C) groups is 1. The second-order valence-electron chi connectivity index (χ2n) is 18.8. The lowest BCUT2D eigenvalue weighted by Crippen LogP contribution is -2.28. The van der Waals surface area contributed by atoms with E-state index in [1.807, 2.05) is 6.20 Å². The van der Waals surface area contributed by atoms with E-state index in [-0.39, 0.29) is 28.3 Å². The Bertz CT molecular complexity index is 2770. The summed E-state index contributed by atoms with van der Waals surface area (Å²) < 4.78 is 9.47. The Kier molecular flexibility index (Phi) is 7.40. The molecule has 280 valence electrons. The molecule has 2 atom stereocenters. The molecule has 0 fully saturated rings. The van der Waals surface area contributed by atoms with Crippen molar-refractivity contribution in [2.75, 3.05) is 0 Å². The van der Waals surface area contributed by atoms with Crippen LogP contribution in [0, 0.1) is 6.92 Å². The number of nitrogens with zero attached hydrogens (tertiary/aromatic N) is 4. The van der Waals surface area contributed by atoms with Crippen LogP contribution in [0.3, 0.4) is 0 Å². The van der Waals surface area contributed by atoms with Gasteiger partial charge in [0, 0.05) is 46.1 Å². The zero-order valence-electron chi connectivity index (χ0n) is 34.0. The van der Waals surface area contributed by atoms with E-state index in [9.17, 15) is 0 Å². The molecule has 56 heavy (non-hydrogen) atoms. The highest BCUT2D eigenvalue weighted by atomic mass is 16.5. The molecule has 0 spiro atoms. The molecule has 0 amide bonds. The van der Waals surface area contributed by atoms with E-state index in [1.165, 1.54) is 55.2 Å². The Morgan fingerprint density at radius 1 is 0.732 bits per heavy atom. The SMILES string of the molecule is Cc1cc2c3cc(C(C)(C)C)cc4c3n(c2cc1Oc1cc(C2=N[C@H](c3ccccc3)[C@@H]3c5ccccc5CN23)cc(C(C)(C)C)c1)-c1ncccc1C4(C)C. The average Bonchev–Trinajstić information content (AvgIpc) is 3.83. The maximum atomic E-state index is 7.08. The Morgan fingerprint density at radius 3 is 2.23 bits per heavy atom. The fraction of sp³-hybridized carbons (Fsp3) is 0.294. The molecular weight excluding hydrogens is 685 g/mol. The highest BCUT2D eigenvalue weighted by molar-refractivity contribution is 6.12. The van der Waals surface area contributed by atoms with Crippen LogP contribution in [0.4, 0.5) is 0 Å². The minimum Gasteiger partial charge on any atom is -0.457 e. The number of rotatable bonds is 4. The number of hydrogen-bond acceptors (Lipinski definition) is 4. The molecule has 0 unspecified atom stereocenters. The topological polar surface area (TPSA) is 42.6 Å². The summed E-state index contributed by atoms with van der Waals surface area (Å²) in [5, 5.41) is 2.49. The van der Waals surface area contributed by atoms with Gasteiger partial charge in [0.15, 0.2) is 0 Å². The number of aromatic nitrogens is 2. The summed E-state index contributed by atoms with van der Waals surface area (Å²) in [5.41, 5.74) is 13.3. The van der Waals surface area contributed by atoms with Crippen LogP contribution in [0.5, 0.6) is 11.5 Å². The first kappa shape index (κ1) is 34.8. The predicted octanol–water partition coefficient (Wildman–Crippen LogP) is 12.6. The van der Waals surface area contributed by atoms with Gasteiger partial charge in [0.25, 0.3) is 0 Å². The minimum absolute atomic E-state index is 0.000880. The second kappa shape index (κ2) is 11.9. The molecule has 0 saturated carbocycles. The first-order chi connectivity index (χ1) is 26.7. The first-order valence-corrected chi connectivity index (χ1v) is 20.1. The highest BCUT2D eigenvalue weighted by Crippen LogP contribution is 2.51. The summed E-state index contributed by atoms with van der Waals surface area (Å²) in [6, 6.07) is 40.3. The predicted molar refractivity (Wildman–Crippen MR) is 230 cm³/mol. The molecule has 0 bridgehead atoms. The van der Waals surface area contributed by atoms with Crippen LogP contribution in [-0.2, 0) is 22.8 Å². The number of amidine groups is 1. The Balaban J connectivity index is 1.14. The number of aryl methyl sites for hydroxylation is 1. The van der Waals surface area contributed by atoms with Crippen molar-refractivity contribution in [1.82, 2.24) is 14.5 Å². The molecule has 3 aliphatic heterocycles. The summed E-state index contributed by atoms with van der Waals surface area (Å²) in [6.07, 6.45) is 1.92. The Morgan fingerprint density at radius 2 is 1.46 bits per heavy atom. The van der Waals surface area contributed by atoms with E-state index in [0.717, 1.165) is 46.3 Å². The van der Waals surface area contributed by atoms with Gasteiger partial charge in [-0.15, -0.1) is 0 Å². The third-order valence-electron chi connectivity index (χ3n) is 12.7. The van der Waals surface area contributed by atoms with Crippen LogP contribution < -0.4 is 4.74 Å². The van der Waals surface area contributed by atoms with Crippen LogP contribution in [0.25, 0.3) is 27.6 Å². The van der Waals surface area contributed by atoms with Crippen molar-refractivity contribution in [3.05, 3.63) is 165 Å². The van der Waals surface area contributed by atoms with E-state index < -0.39 is 0 Å². The molecule has 5 heteroatoms. The molecule has 10 rings (SSSR count). The fourth-order valence-electron chi connectivity index (χ4n) is 9.46. The molecule has 5 aromatic carbocycles. The fourth-order valence-corrected chi connectivity index (χ4v) is 9.46. The van der Waals surface area contributed by atoms with Gasteiger partial charge in [-0.2, -0.15) is 0 Å². The van der Waals surface area contributed by atoms with Crippen molar-refractivity contribution >= 4 is 27.6 Å². The van der Waals surface area contributed by atoms with Gasteiger partial charge in [-0.05, 0) is 93.1 Å². The van der Waals surface area contributed by atoms with Crippen molar-refractivity contribution < 1.29 is 4.74 Å². The Labute approximate surface area is 330 Å². The lowest BCUT2D eigenvalue weighted by molar-refractivity contribution is 0.341. The number of hydrogen-bond donors (Lipinski definition) is 0. The molecule has 0 radical (unpaired) electrons. The van der Waals surface area contributed by atoms with E-state index in [2.05, 4.69) is 181 Å². The number of fused-ring (bicyclic) bond motifs is 8. The number of benzene rings is 5. The third kappa shape index (κ3) is 5.19. The van der Waals surface area contributed by atoms with Gasteiger partial charge in [-0.1, -0.05) is 122 Å². The van der Waals surface area contributed by atoms with E-state index in [0.29, 0.717) is 0 Å². The largest absolute Gasteiger partial charge is 0.457 e. The average molecular weight is 735 g/mol. The summed E-state index contributed by atoms with van der Waals surface area (Å²) in [4.78, 5) is 13.1. The van der Waals surface area contributed by atoms with Gasteiger partial charge < -0.3 is 9.64 Å². The quantitative estimate of drug-likeness (QED) is 0.181. The van der Waals surface area contributed by atoms with E-state index in [4.69, 9.17) is 14.7 Å². The van der Waals surface area contributed by atoms with Crippen LogP contribution in [0.15, 0.2) is 120 Å². The van der Waals surface area contributed by atoms with Gasteiger partial charge in [-0.3, -0.25) is 9.56 Å². The lowest BCUT2D eigenvalue weighted by Gasteiger charge is -2.35. The Hall–Kier alpha value is -5.68. The van der Waals surface area contributed by atoms with Crippen LogP contribution in [0.2, 0.25) is 0 Å². The molecule has 0 N–H and O–H groups in total. The number of pyridine rings is 1. The summed E-state index contributed by atoms with van der Waals surface area (Å²) in [7, 11) is 0. The molecule has 7 aromatic rings. The molecule has 3 aliphatic rings. The zero-order chi connectivity index (χ0) is 38.9. The van der Waals surface area contributed by atoms with Crippen molar-refractivity contribution in [2.24, 2.45) is 4.99 Å². The maximum Gasteiger partial charge on any atom is 0.141 e. The first-order valence-electron chi connectivity index (χ1n) is 20.1. The summed E-state index contributed by atoms with van der Waals surface area (Å²) >= 11 is 0. The molecule has 5 nitrogen and oxygen atoms in total. The minimum atomic E-state index is -0.205. The molecule has 0 saturated heterocycles. The van der Waals surface area contributed by atoms with Gasteiger partial charge >= 0.3 is 0 Å². The summed E-state index contributed by atoms with van der Waals surface area (Å²) in [5.74, 6) is 3.68.